The van der Waals surface area contributed by atoms with Crippen molar-refractivity contribution in [1.29, 1.82) is 0 Å². The van der Waals surface area contributed by atoms with Crippen molar-refractivity contribution in [2.75, 3.05) is 0 Å². The van der Waals surface area contributed by atoms with Crippen LogP contribution >= 0.6 is 0 Å². The lowest BCUT2D eigenvalue weighted by molar-refractivity contribution is 0.139. The predicted molar refractivity (Wildman–Crippen MR) is 52.0 cm³/mol. The van der Waals surface area contributed by atoms with Crippen molar-refractivity contribution < 1.29 is 13.9 Å². The summed E-state index contributed by atoms with van der Waals surface area (Å²) in [4.78, 5) is 0. The molecule has 1 nitrogen and oxygen atoms in total. The topological polar surface area (TPSA) is 20.2 Å². The smallest absolute Gasteiger partial charge is 0.154 e. The zero-order valence-electron chi connectivity index (χ0n) is 8.34. The van der Waals surface area contributed by atoms with Crippen LogP contribution in [0.2, 0.25) is 0 Å². The second-order valence-electron chi connectivity index (χ2n) is 3.74. The van der Waals surface area contributed by atoms with E-state index in [2.05, 4.69) is 0 Å². The zero-order chi connectivity index (χ0) is 10.6. The molecule has 0 saturated carbocycles. The molecule has 0 radical (unpaired) electrons. The average Bonchev–Trinajstić information content (AvgIpc) is 2.12. The van der Waals surface area contributed by atoms with Crippen LogP contribution in [0, 0.1) is 5.92 Å². The molecule has 0 spiro atoms. The van der Waals surface area contributed by atoms with E-state index in [-0.39, 0.29) is 5.92 Å². The highest BCUT2D eigenvalue weighted by Gasteiger charge is 2.18. The van der Waals surface area contributed by atoms with Gasteiger partial charge in [-0.1, -0.05) is 13.3 Å². The van der Waals surface area contributed by atoms with E-state index in [1.807, 2.05) is 6.92 Å². The fraction of sp³-hybridized carbons (Fsp3) is 0.636. The van der Waals surface area contributed by atoms with E-state index in [1.54, 1.807) is 0 Å². The van der Waals surface area contributed by atoms with E-state index < -0.39 is 17.8 Å². The van der Waals surface area contributed by atoms with Gasteiger partial charge in [0, 0.05) is 0 Å². The van der Waals surface area contributed by atoms with Crippen molar-refractivity contribution in [3.63, 3.8) is 0 Å². The molecule has 0 bridgehead atoms. The van der Waals surface area contributed by atoms with Gasteiger partial charge in [0.1, 0.15) is 0 Å². The lowest BCUT2D eigenvalue weighted by Gasteiger charge is -2.18. The standard InChI is InChI=1S/C11H16F2O/c1-2-3-9(14)6-8-4-5-10(12)11(13)7-8/h5,7-9,14H,2-4,6H2,1H3. The molecule has 2 atom stereocenters. The fourth-order valence-corrected chi connectivity index (χ4v) is 1.67. The van der Waals surface area contributed by atoms with Crippen molar-refractivity contribution in [2.24, 2.45) is 5.92 Å². The maximum Gasteiger partial charge on any atom is 0.154 e. The van der Waals surface area contributed by atoms with Crippen LogP contribution in [0.3, 0.4) is 0 Å². The number of hydrogen-bond donors (Lipinski definition) is 1. The summed E-state index contributed by atoms with van der Waals surface area (Å²) in [5, 5.41) is 9.49. The molecule has 1 aliphatic rings. The van der Waals surface area contributed by atoms with E-state index in [1.165, 1.54) is 12.2 Å². The minimum absolute atomic E-state index is 0.0592. The number of allylic oxidation sites excluding steroid dienone is 4. The highest BCUT2D eigenvalue weighted by atomic mass is 19.2. The molecule has 0 aromatic carbocycles. The first-order valence-electron chi connectivity index (χ1n) is 5.05. The van der Waals surface area contributed by atoms with Gasteiger partial charge in [0.2, 0.25) is 0 Å². The summed E-state index contributed by atoms with van der Waals surface area (Å²) < 4.78 is 25.4. The number of aliphatic hydroxyl groups excluding tert-OH is 1. The molecule has 80 valence electrons. The lowest BCUT2D eigenvalue weighted by atomic mass is 9.92. The van der Waals surface area contributed by atoms with Crippen molar-refractivity contribution in [1.82, 2.24) is 0 Å². The quantitative estimate of drug-likeness (QED) is 0.741. The summed E-state index contributed by atoms with van der Waals surface area (Å²) in [6.07, 6.45) is 4.75. The first-order chi connectivity index (χ1) is 6.63. The number of aliphatic hydroxyl groups is 1. The molecule has 0 amide bonds. The van der Waals surface area contributed by atoms with Gasteiger partial charge in [-0.05, 0) is 37.3 Å². The largest absolute Gasteiger partial charge is 0.393 e. The normalized spacial score (nSPS) is 24.1. The monoisotopic (exact) mass is 202 g/mol. The van der Waals surface area contributed by atoms with Gasteiger partial charge in [-0.25, -0.2) is 8.78 Å². The van der Waals surface area contributed by atoms with Crippen LogP contribution in [0.1, 0.15) is 32.6 Å². The number of hydrogen-bond acceptors (Lipinski definition) is 1. The highest BCUT2D eigenvalue weighted by molar-refractivity contribution is 5.23. The van der Waals surface area contributed by atoms with E-state index in [0.717, 1.165) is 12.8 Å². The van der Waals surface area contributed by atoms with Gasteiger partial charge in [0.25, 0.3) is 0 Å². The van der Waals surface area contributed by atoms with Crippen molar-refractivity contribution in [3.8, 4) is 0 Å². The minimum atomic E-state index is -0.787. The van der Waals surface area contributed by atoms with Crippen LogP contribution in [0.5, 0.6) is 0 Å². The molecule has 0 saturated heterocycles. The minimum Gasteiger partial charge on any atom is -0.393 e. The fourth-order valence-electron chi connectivity index (χ4n) is 1.67. The van der Waals surface area contributed by atoms with Gasteiger partial charge < -0.3 is 5.11 Å². The van der Waals surface area contributed by atoms with E-state index in [0.29, 0.717) is 12.8 Å². The molecular formula is C11H16F2O. The third kappa shape index (κ3) is 3.22. The maximum absolute atomic E-state index is 12.8. The van der Waals surface area contributed by atoms with Gasteiger partial charge in [-0.3, -0.25) is 0 Å². The van der Waals surface area contributed by atoms with Crippen LogP contribution < -0.4 is 0 Å². The Morgan fingerprint density at radius 2 is 2.21 bits per heavy atom. The highest BCUT2D eigenvalue weighted by Crippen LogP contribution is 2.28. The van der Waals surface area contributed by atoms with Crippen molar-refractivity contribution >= 4 is 0 Å². The SMILES string of the molecule is CCCC(O)CC1C=C(F)C(F)=CC1. The molecule has 0 aliphatic heterocycles. The third-order valence-corrected chi connectivity index (χ3v) is 2.41. The molecule has 0 fully saturated rings. The second kappa shape index (κ2) is 5.25. The zero-order valence-corrected chi connectivity index (χ0v) is 8.34. The number of halogens is 2. The molecule has 3 heteroatoms. The van der Waals surface area contributed by atoms with Gasteiger partial charge in [-0.15, -0.1) is 0 Å². The summed E-state index contributed by atoms with van der Waals surface area (Å²) in [6, 6.07) is 0. The number of rotatable bonds is 4. The molecule has 0 heterocycles. The average molecular weight is 202 g/mol. The Hall–Kier alpha value is -0.700. The molecule has 14 heavy (non-hydrogen) atoms. The maximum atomic E-state index is 12.8. The first-order valence-corrected chi connectivity index (χ1v) is 5.05. The van der Waals surface area contributed by atoms with Gasteiger partial charge >= 0.3 is 0 Å². The van der Waals surface area contributed by atoms with E-state index >= 15 is 0 Å². The predicted octanol–water partition coefficient (Wildman–Crippen LogP) is 3.26. The first kappa shape index (κ1) is 11.4. The molecule has 0 aromatic rings. The van der Waals surface area contributed by atoms with Crippen LogP contribution in [0.25, 0.3) is 0 Å². The summed E-state index contributed by atoms with van der Waals surface area (Å²) >= 11 is 0. The van der Waals surface area contributed by atoms with Crippen LogP contribution in [0.4, 0.5) is 8.78 Å². The van der Waals surface area contributed by atoms with E-state index in [9.17, 15) is 13.9 Å². The molecule has 0 aromatic heterocycles. The summed E-state index contributed by atoms with van der Waals surface area (Å²) in [5.41, 5.74) is 0. The van der Waals surface area contributed by atoms with Crippen LogP contribution in [-0.4, -0.2) is 11.2 Å². The summed E-state index contributed by atoms with van der Waals surface area (Å²) in [5.74, 6) is -1.62. The Bertz CT molecular complexity index is 246. The Balaban J connectivity index is 2.42. The van der Waals surface area contributed by atoms with Gasteiger partial charge in [0.15, 0.2) is 11.7 Å². The lowest BCUT2D eigenvalue weighted by Crippen LogP contribution is -2.13. The van der Waals surface area contributed by atoms with Gasteiger partial charge in [-0.2, -0.15) is 0 Å². The molecule has 1 rings (SSSR count). The summed E-state index contributed by atoms with van der Waals surface area (Å²) in [7, 11) is 0. The Labute approximate surface area is 83.1 Å². The molecular weight excluding hydrogens is 186 g/mol. The van der Waals surface area contributed by atoms with Crippen LogP contribution in [0.15, 0.2) is 23.8 Å². The Kier molecular flexibility index (Phi) is 4.26. The molecule has 1 N–H and O–H groups in total. The summed E-state index contributed by atoms with van der Waals surface area (Å²) in [6.45, 7) is 1.99. The third-order valence-electron chi connectivity index (χ3n) is 2.41. The molecule has 2 unspecified atom stereocenters. The molecule has 1 aliphatic carbocycles. The van der Waals surface area contributed by atoms with Crippen molar-refractivity contribution in [3.05, 3.63) is 23.8 Å². The van der Waals surface area contributed by atoms with Crippen LogP contribution in [-0.2, 0) is 0 Å². The van der Waals surface area contributed by atoms with Gasteiger partial charge in [0.05, 0.1) is 6.10 Å². The second-order valence-corrected chi connectivity index (χ2v) is 3.74. The Morgan fingerprint density at radius 3 is 2.79 bits per heavy atom. The van der Waals surface area contributed by atoms with Crippen molar-refractivity contribution in [2.45, 2.75) is 38.7 Å². The van der Waals surface area contributed by atoms with E-state index in [4.69, 9.17) is 0 Å². The Morgan fingerprint density at radius 1 is 1.50 bits per heavy atom.